The summed E-state index contributed by atoms with van der Waals surface area (Å²) in [6, 6.07) is 6.79. The molecule has 138 valence electrons. The fourth-order valence-electron chi connectivity index (χ4n) is 2.60. The van der Waals surface area contributed by atoms with E-state index in [1.54, 1.807) is 24.3 Å². The summed E-state index contributed by atoms with van der Waals surface area (Å²) < 4.78 is 30.0. The van der Waals surface area contributed by atoms with Crippen LogP contribution in [0.25, 0.3) is 0 Å². The number of hydrogen-bond acceptors (Lipinski definition) is 3. The quantitative estimate of drug-likeness (QED) is 0.224. The van der Waals surface area contributed by atoms with Crippen molar-refractivity contribution in [1.29, 1.82) is 0 Å². The number of unbranched alkanes of at least 4 members (excludes halogenated alkanes) is 7. The summed E-state index contributed by atoms with van der Waals surface area (Å²) in [5, 5.41) is 0.536. The van der Waals surface area contributed by atoms with Crippen molar-refractivity contribution < 1.29 is 12.6 Å². The number of hydrogen-bond donors (Lipinski definition) is 0. The minimum absolute atomic E-state index is 0.231. The molecule has 1 rings (SSSR count). The van der Waals surface area contributed by atoms with Crippen molar-refractivity contribution >= 4 is 26.0 Å². The second-order valence-corrected chi connectivity index (χ2v) is 8.62. The van der Waals surface area contributed by atoms with Crippen LogP contribution in [0.5, 0.6) is 0 Å². The molecule has 0 aromatic heterocycles. The molecule has 0 N–H and O–H groups in total. The van der Waals surface area contributed by atoms with Crippen LogP contribution >= 0.6 is 15.9 Å². The lowest BCUT2D eigenvalue weighted by Crippen LogP contribution is -2.20. The summed E-state index contributed by atoms with van der Waals surface area (Å²) in [5.74, 6) is 0. The second kappa shape index (κ2) is 12.0. The summed E-state index contributed by atoms with van der Waals surface area (Å²) in [6.45, 7) is 4.16. The van der Waals surface area contributed by atoms with Crippen molar-refractivity contribution in [3.63, 3.8) is 0 Å². The summed E-state index contributed by atoms with van der Waals surface area (Å²) in [5.41, 5.74) is 1.03. The summed E-state index contributed by atoms with van der Waals surface area (Å²) in [7, 11) is -3.68. The van der Waals surface area contributed by atoms with E-state index in [2.05, 4.69) is 22.9 Å². The lowest BCUT2D eigenvalue weighted by atomic mass is 10.1. The smallest absolute Gasteiger partial charge is 0.262 e. The Hall–Kier alpha value is -0.390. The highest BCUT2D eigenvalue weighted by molar-refractivity contribution is 9.09. The normalized spacial score (nSPS) is 13.1. The highest BCUT2D eigenvalue weighted by atomic mass is 79.9. The Kier molecular flexibility index (Phi) is 10.9. The van der Waals surface area contributed by atoms with Gasteiger partial charge < -0.3 is 0 Å². The van der Waals surface area contributed by atoms with E-state index in [-0.39, 0.29) is 11.0 Å². The summed E-state index contributed by atoms with van der Waals surface area (Å²) in [6.07, 6.45) is 10.4. The summed E-state index contributed by atoms with van der Waals surface area (Å²) >= 11 is 3.37. The first-order valence-electron chi connectivity index (χ1n) is 9.05. The van der Waals surface area contributed by atoms with Crippen LogP contribution in [0.4, 0.5) is 0 Å². The zero-order chi connectivity index (χ0) is 17.8. The Morgan fingerprint density at radius 2 is 1.50 bits per heavy atom. The molecule has 1 aromatic rings. The van der Waals surface area contributed by atoms with Crippen LogP contribution in [-0.2, 0) is 14.3 Å². The molecule has 0 heterocycles. The third-order valence-corrected chi connectivity index (χ3v) is 6.22. The van der Waals surface area contributed by atoms with Crippen molar-refractivity contribution in [2.75, 3.05) is 5.33 Å². The third kappa shape index (κ3) is 8.63. The molecule has 0 bridgehead atoms. The van der Waals surface area contributed by atoms with E-state index in [4.69, 9.17) is 4.18 Å². The van der Waals surface area contributed by atoms with Gasteiger partial charge in [-0.05, 0) is 25.5 Å². The molecule has 0 saturated heterocycles. The molecule has 0 aliphatic carbocycles. The van der Waals surface area contributed by atoms with Gasteiger partial charge in [0.2, 0.25) is 0 Å². The molecule has 0 unspecified atom stereocenters. The predicted molar refractivity (Wildman–Crippen MR) is 104 cm³/mol. The lowest BCUT2D eigenvalue weighted by molar-refractivity contribution is 0.219. The van der Waals surface area contributed by atoms with Gasteiger partial charge in [0.05, 0.1) is 11.0 Å². The molecule has 24 heavy (non-hydrogen) atoms. The molecule has 0 aliphatic heterocycles. The minimum Gasteiger partial charge on any atom is -0.262 e. The maximum atomic E-state index is 12.3. The zero-order valence-corrected chi connectivity index (χ0v) is 17.4. The molecular formula is C19H31BrO3S. The van der Waals surface area contributed by atoms with Gasteiger partial charge in [-0.2, -0.15) is 8.42 Å². The Morgan fingerprint density at radius 3 is 2.04 bits per heavy atom. The average Bonchev–Trinajstić information content (AvgIpc) is 2.56. The van der Waals surface area contributed by atoms with E-state index in [1.807, 2.05) is 6.92 Å². The van der Waals surface area contributed by atoms with Crippen LogP contribution in [0.2, 0.25) is 0 Å². The number of aryl methyl sites for hydroxylation is 1. The van der Waals surface area contributed by atoms with Gasteiger partial charge in [-0.3, -0.25) is 4.18 Å². The van der Waals surface area contributed by atoms with E-state index in [1.165, 1.54) is 38.5 Å². The van der Waals surface area contributed by atoms with Gasteiger partial charge in [-0.1, -0.05) is 91.9 Å². The Balaban J connectivity index is 2.32. The SMILES string of the molecule is CCCCCCCCCC[C@H](CBr)OS(=O)(=O)c1ccc(C)cc1. The molecule has 1 atom stereocenters. The fourth-order valence-corrected chi connectivity index (χ4v) is 4.33. The fraction of sp³-hybridized carbons (Fsp3) is 0.684. The van der Waals surface area contributed by atoms with Crippen LogP contribution in [-0.4, -0.2) is 19.9 Å². The highest BCUT2D eigenvalue weighted by Gasteiger charge is 2.20. The minimum atomic E-state index is -3.68. The van der Waals surface area contributed by atoms with Gasteiger partial charge >= 0.3 is 0 Å². The lowest BCUT2D eigenvalue weighted by Gasteiger charge is -2.15. The zero-order valence-electron chi connectivity index (χ0n) is 15.0. The number of rotatable bonds is 13. The van der Waals surface area contributed by atoms with Gasteiger partial charge in [0.1, 0.15) is 0 Å². The van der Waals surface area contributed by atoms with Gasteiger partial charge in [0.25, 0.3) is 10.1 Å². The van der Waals surface area contributed by atoms with Crippen LogP contribution in [0.15, 0.2) is 29.2 Å². The van der Waals surface area contributed by atoms with E-state index in [0.29, 0.717) is 5.33 Å². The first kappa shape index (κ1) is 21.7. The standard InChI is InChI=1S/C19H31BrO3S/c1-3-4-5-6-7-8-9-10-11-18(16-20)23-24(21,22)19-14-12-17(2)13-15-19/h12-15,18H,3-11,16H2,1-2H3/t18-/m1/s1. The van der Waals surface area contributed by atoms with E-state index >= 15 is 0 Å². The number of benzene rings is 1. The molecule has 0 aliphatic rings. The molecule has 0 radical (unpaired) electrons. The van der Waals surface area contributed by atoms with Gasteiger partial charge in [0.15, 0.2) is 0 Å². The van der Waals surface area contributed by atoms with Crippen LogP contribution in [0.1, 0.15) is 70.3 Å². The average molecular weight is 419 g/mol. The molecule has 0 amide bonds. The Labute approximate surface area is 156 Å². The molecule has 1 aromatic carbocycles. The van der Waals surface area contributed by atoms with Crippen LogP contribution < -0.4 is 0 Å². The maximum absolute atomic E-state index is 12.3. The Bertz CT molecular complexity index is 540. The van der Waals surface area contributed by atoms with Crippen molar-refractivity contribution in [2.45, 2.75) is 82.6 Å². The molecule has 5 heteroatoms. The van der Waals surface area contributed by atoms with Gasteiger partial charge in [-0.25, -0.2) is 0 Å². The monoisotopic (exact) mass is 418 g/mol. The molecule has 0 spiro atoms. The predicted octanol–water partition coefficient (Wildman–Crippen LogP) is 5.99. The highest BCUT2D eigenvalue weighted by Crippen LogP contribution is 2.19. The van der Waals surface area contributed by atoms with Crippen molar-refractivity contribution in [1.82, 2.24) is 0 Å². The van der Waals surface area contributed by atoms with E-state index in [9.17, 15) is 8.42 Å². The van der Waals surface area contributed by atoms with Crippen LogP contribution in [0, 0.1) is 6.92 Å². The third-order valence-electron chi connectivity index (χ3n) is 4.12. The summed E-state index contributed by atoms with van der Waals surface area (Å²) in [4.78, 5) is 0.231. The molecule has 0 fully saturated rings. The number of alkyl halides is 1. The maximum Gasteiger partial charge on any atom is 0.297 e. The first-order valence-corrected chi connectivity index (χ1v) is 11.6. The number of halogens is 1. The Morgan fingerprint density at radius 1 is 0.958 bits per heavy atom. The van der Waals surface area contributed by atoms with Gasteiger partial charge in [-0.15, -0.1) is 0 Å². The molecule has 3 nitrogen and oxygen atoms in total. The molecular weight excluding hydrogens is 388 g/mol. The molecule has 0 saturated carbocycles. The van der Waals surface area contributed by atoms with Gasteiger partial charge in [0, 0.05) is 5.33 Å². The second-order valence-electron chi connectivity index (χ2n) is 6.40. The van der Waals surface area contributed by atoms with E-state index in [0.717, 1.165) is 24.8 Å². The van der Waals surface area contributed by atoms with Crippen LogP contribution in [0.3, 0.4) is 0 Å². The van der Waals surface area contributed by atoms with Crippen molar-refractivity contribution in [3.05, 3.63) is 29.8 Å². The first-order chi connectivity index (χ1) is 11.5. The van der Waals surface area contributed by atoms with Crippen molar-refractivity contribution in [2.24, 2.45) is 0 Å². The topological polar surface area (TPSA) is 43.4 Å². The van der Waals surface area contributed by atoms with E-state index < -0.39 is 10.1 Å². The van der Waals surface area contributed by atoms with Crippen molar-refractivity contribution in [3.8, 4) is 0 Å². The largest absolute Gasteiger partial charge is 0.297 e.